The minimum absolute atomic E-state index is 0.572. The number of unbranched alkanes of at least 4 members (excludes halogenated alkanes) is 1. The van der Waals surface area contributed by atoms with Gasteiger partial charge in [0, 0.05) is 4.83 Å². The fourth-order valence-electron chi connectivity index (χ4n) is 0.693. The van der Waals surface area contributed by atoms with Crippen molar-refractivity contribution in [2.24, 2.45) is 5.50 Å². The third-order valence-corrected chi connectivity index (χ3v) is 2.45. The molecule has 2 unspecified atom stereocenters. The van der Waals surface area contributed by atoms with E-state index >= 15 is 0 Å². The maximum absolute atomic E-state index is 10.4. The van der Waals surface area contributed by atoms with Gasteiger partial charge in [-0.2, -0.15) is 0 Å². The highest BCUT2D eigenvalue weighted by Gasteiger charge is 2.05. The van der Waals surface area contributed by atoms with Gasteiger partial charge in [-0.1, -0.05) is 27.4 Å². The van der Waals surface area contributed by atoms with E-state index in [2.05, 4.69) is 22.9 Å². The van der Waals surface area contributed by atoms with Gasteiger partial charge in [0.1, 0.15) is 0 Å². The van der Waals surface area contributed by atoms with E-state index in [1.807, 2.05) is 0 Å². The number of alkyl halides is 1. The van der Waals surface area contributed by atoms with Crippen LogP contribution in [0, 0.1) is 0 Å². The molecule has 2 nitrogen and oxygen atoms in total. The standard InChI is InChI=1S/C6H14BrNOP/c1-6(7)4-2-3-5-10(8)9/h6H,2-5H2,1H3,(H2,8,9)/q+1. The monoisotopic (exact) mass is 226 g/mol. The summed E-state index contributed by atoms with van der Waals surface area (Å²) in [7, 11) is -1.40. The maximum Gasteiger partial charge on any atom is 0.429 e. The Balaban J connectivity index is 2.98. The Bertz CT molecular complexity index is 108. The molecule has 0 aromatic rings. The van der Waals surface area contributed by atoms with Gasteiger partial charge in [0.15, 0.2) is 6.16 Å². The van der Waals surface area contributed by atoms with Crippen molar-refractivity contribution in [2.75, 3.05) is 6.16 Å². The van der Waals surface area contributed by atoms with Crippen molar-refractivity contribution in [2.45, 2.75) is 31.0 Å². The molecule has 0 bridgehead atoms. The van der Waals surface area contributed by atoms with E-state index < -0.39 is 7.95 Å². The molecular formula is C6H14BrNOP+. The van der Waals surface area contributed by atoms with E-state index in [9.17, 15) is 4.57 Å². The van der Waals surface area contributed by atoms with Gasteiger partial charge in [-0.25, -0.2) is 0 Å². The van der Waals surface area contributed by atoms with E-state index in [0.717, 1.165) is 19.3 Å². The third-order valence-electron chi connectivity index (χ3n) is 1.23. The van der Waals surface area contributed by atoms with Crippen molar-refractivity contribution < 1.29 is 4.57 Å². The van der Waals surface area contributed by atoms with Gasteiger partial charge < -0.3 is 0 Å². The molecule has 0 saturated heterocycles. The number of halogens is 1. The van der Waals surface area contributed by atoms with Crippen LogP contribution in [0.1, 0.15) is 26.2 Å². The van der Waals surface area contributed by atoms with Gasteiger partial charge >= 0.3 is 7.95 Å². The summed E-state index contributed by atoms with van der Waals surface area (Å²) in [6, 6.07) is 0. The summed E-state index contributed by atoms with van der Waals surface area (Å²) in [5.74, 6) is 0. The molecule has 4 heteroatoms. The Morgan fingerprint density at radius 2 is 2.20 bits per heavy atom. The summed E-state index contributed by atoms with van der Waals surface area (Å²) in [6.45, 7) is 2.11. The lowest BCUT2D eigenvalue weighted by Crippen LogP contribution is -1.92. The molecule has 0 aliphatic carbocycles. The highest BCUT2D eigenvalue weighted by Crippen LogP contribution is 2.14. The molecule has 0 fully saturated rings. The molecule has 0 saturated carbocycles. The second-order valence-corrected chi connectivity index (χ2v) is 5.26. The number of hydrogen-bond acceptors (Lipinski definition) is 1. The van der Waals surface area contributed by atoms with Crippen molar-refractivity contribution in [3.05, 3.63) is 0 Å². The molecule has 0 heterocycles. The minimum atomic E-state index is -1.40. The SMILES string of the molecule is CC(Br)CCCC[P+](N)=O. The number of rotatable bonds is 5. The summed E-state index contributed by atoms with van der Waals surface area (Å²) in [6.07, 6.45) is 3.92. The average molecular weight is 227 g/mol. The van der Waals surface area contributed by atoms with Crippen molar-refractivity contribution in [3.63, 3.8) is 0 Å². The van der Waals surface area contributed by atoms with Crippen LogP contribution in [0.25, 0.3) is 0 Å². The van der Waals surface area contributed by atoms with Crippen LogP contribution >= 0.6 is 23.9 Å². The zero-order valence-corrected chi connectivity index (χ0v) is 8.70. The van der Waals surface area contributed by atoms with E-state index in [1.165, 1.54) is 0 Å². The Labute approximate surface area is 71.5 Å². The highest BCUT2D eigenvalue weighted by atomic mass is 79.9. The predicted octanol–water partition coefficient (Wildman–Crippen LogP) is 2.64. The topological polar surface area (TPSA) is 43.1 Å². The molecule has 2 N–H and O–H groups in total. The van der Waals surface area contributed by atoms with Crippen LogP contribution in [0.5, 0.6) is 0 Å². The van der Waals surface area contributed by atoms with Gasteiger partial charge in [-0.05, 0) is 19.3 Å². The second-order valence-electron chi connectivity index (χ2n) is 2.42. The Morgan fingerprint density at radius 1 is 1.60 bits per heavy atom. The van der Waals surface area contributed by atoms with E-state index in [0.29, 0.717) is 11.0 Å². The molecule has 60 valence electrons. The molecule has 10 heavy (non-hydrogen) atoms. The van der Waals surface area contributed by atoms with Crippen molar-refractivity contribution >= 4 is 23.9 Å². The molecule has 0 amide bonds. The highest BCUT2D eigenvalue weighted by molar-refractivity contribution is 9.09. The van der Waals surface area contributed by atoms with Gasteiger partial charge in [-0.3, -0.25) is 0 Å². The Hall–Kier alpha value is 0.540. The molecular weight excluding hydrogens is 213 g/mol. The van der Waals surface area contributed by atoms with E-state index in [-0.39, 0.29) is 0 Å². The second kappa shape index (κ2) is 6.26. The van der Waals surface area contributed by atoms with Crippen LogP contribution in [0.3, 0.4) is 0 Å². The molecule has 0 aliphatic heterocycles. The largest absolute Gasteiger partial charge is 0.429 e. The fourth-order valence-corrected chi connectivity index (χ4v) is 1.55. The van der Waals surface area contributed by atoms with Crippen LogP contribution in [-0.2, 0) is 4.57 Å². The summed E-state index contributed by atoms with van der Waals surface area (Å²) < 4.78 is 10.4. The van der Waals surface area contributed by atoms with Gasteiger partial charge in [0.25, 0.3) is 0 Å². The molecule has 0 aromatic heterocycles. The summed E-state index contributed by atoms with van der Waals surface area (Å²) in [5, 5.41) is 0. The van der Waals surface area contributed by atoms with Crippen LogP contribution in [0.15, 0.2) is 0 Å². The summed E-state index contributed by atoms with van der Waals surface area (Å²) >= 11 is 3.44. The van der Waals surface area contributed by atoms with Crippen LogP contribution in [-0.4, -0.2) is 11.0 Å². The maximum atomic E-state index is 10.4. The summed E-state index contributed by atoms with van der Waals surface area (Å²) in [5.41, 5.74) is 5.11. The Kier molecular flexibility index (Phi) is 6.60. The molecule has 0 spiro atoms. The molecule has 2 atom stereocenters. The number of nitrogens with two attached hydrogens (primary N) is 1. The first kappa shape index (κ1) is 10.5. The van der Waals surface area contributed by atoms with Gasteiger partial charge in [0.05, 0.1) is 0 Å². The van der Waals surface area contributed by atoms with E-state index in [1.54, 1.807) is 0 Å². The molecule has 0 aliphatic rings. The zero-order valence-electron chi connectivity index (χ0n) is 6.22. The molecule has 0 rings (SSSR count). The molecule has 0 aromatic carbocycles. The zero-order chi connectivity index (χ0) is 7.98. The minimum Gasteiger partial charge on any atom is -0.122 e. The normalized spacial score (nSPS) is 14.9. The quantitative estimate of drug-likeness (QED) is 0.445. The van der Waals surface area contributed by atoms with Gasteiger partial charge in [-0.15, -0.1) is 5.50 Å². The van der Waals surface area contributed by atoms with Crippen molar-refractivity contribution in [1.29, 1.82) is 0 Å². The van der Waals surface area contributed by atoms with Gasteiger partial charge in [0.2, 0.25) is 0 Å². The first-order valence-electron chi connectivity index (χ1n) is 3.46. The first-order chi connectivity index (χ1) is 4.63. The van der Waals surface area contributed by atoms with Crippen molar-refractivity contribution in [1.82, 2.24) is 0 Å². The fraction of sp³-hybridized carbons (Fsp3) is 1.00. The summed E-state index contributed by atoms with van der Waals surface area (Å²) in [4.78, 5) is 0.572. The smallest absolute Gasteiger partial charge is 0.122 e. The molecule has 0 radical (unpaired) electrons. The van der Waals surface area contributed by atoms with Crippen LogP contribution in [0.4, 0.5) is 0 Å². The number of hydrogen-bond donors (Lipinski definition) is 1. The van der Waals surface area contributed by atoms with Crippen molar-refractivity contribution in [3.8, 4) is 0 Å². The van der Waals surface area contributed by atoms with Crippen LogP contribution < -0.4 is 5.50 Å². The lowest BCUT2D eigenvalue weighted by molar-refractivity contribution is 0.585. The Morgan fingerprint density at radius 3 is 2.60 bits per heavy atom. The van der Waals surface area contributed by atoms with E-state index in [4.69, 9.17) is 5.50 Å². The lowest BCUT2D eigenvalue weighted by Gasteiger charge is -1.97. The first-order valence-corrected chi connectivity index (χ1v) is 5.89. The average Bonchev–Trinajstić information content (AvgIpc) is 1.79. The predicted molar refractivity (Wildman–Crippen MR) is 48.9 cm³/mol. The van der Waals surface area contributed by atoms with Crippen LogP contribution in [0.2, 0.25) is 0 Å². The lowest BCUT2D eigenvalue weighted by atomic mass is 10.2. The third kappa shape index (κ3) is 8.54.